The van der Waals surface area contributed by atoms with Gasteiger partial charge in [0.15, 0.2) is 6.10 Å². The SMILES string of the molecule is COC(=O)C(O)c1cc2ccc(Br)cc2[nH]1. The number of aromatic amines is 1. The highest BCUT2D eigenvalue weighted by molar-refractivity contribution is 9.10. The molecular weight excluding hydrogens is 274 g/mol. The average Bonchev–Trinajstić information content (AvgIpc) is 2.69. The molecule has 1 aromatic carbocycles. The second kappa shape index (κ2) is 4.27. The Labute approximate surface area is 100 Å². The minimum atomic E-state index is -1.27. The number of carbonyl (C=O) groups is 1. The van der Waals surface area contributed by atoms with Crippen molar-refractivity contribution in [2.75, 3.05) is 7.11 Å². The first-order chi connectivity index (χ1) is 7.61. The van der Waals surface area contributed by atoms with Gasteiger partial charge in [-0.05, 0) is 23.6 Å². The van der Waals surface area contributed by atoms with Gasteiger partial charge in [0.05, 0.1) is 12.8 Å². The number of nitrogens with one attached hydrogen (secondary N) is 1. The third-order valence-corrected chi connectivity index (χ3v) is 2.82. The summed E-state index contributed by atoms with van der Waals surface area (Å²) >= 11 is 3.35. The van der Waals surface area contributed by atoms with Crippen LogP contribution < -0.4 is 0 Å². The molecule has 1 atom stereocenters. The molecule has 2 N–H and O–H groups in total. The molecule has 0 aliphatic carbocycles. The topological polar surface area (TPSA) is 62.3 Å². The minimum Gasteiger partial charge on any atom is -0.467 e. The summed E-state index contributed by atoms with van der Waals surface area (Å²) in [6.45, 7) is 0. The summed E-state index contributed by atoms with van der Waals surface area (Å²) < 4.78 is 5.40. The van der Waals surface area contributed by atoms with Gasteiger partial charge in [-0.15, -0.1) is 0 Å². The molecule has 0 aliphatic heterocycles. The Morgan fingerprint density at radius 1 is 1.50 bits per heavy atom. The molecular formula is C11H10BrNO3. The molecule has 2 rings (SSSR count). The maximum absolute atomic E-state index is 11.2. The number of aliphatic hydroxyl groups excluding tert-OH is 1. The molecule has 0 saturated carbocycles. The number of hydrogen-bond acceptors (Lipinski definition) is 3. The fraction of sp³-hybridized carbons (Fsp3) is 0.182. The van der Waals surface area contributed by atoms with E-state index in [-0.39, 0.29) is 0 Å². The molecule has 1 unspecified atom stereocenters. The molecule has 0 saturated heterocycles. The Morgan fingerprint density at radius 2 is 2.25 bits per heavy atom. The highest BCUT2D eigenvalue weighted by atomic mass is 79.9. The number of rotatable bonds is 2. The maximum atomic E-state index is 11.2. The van der Waals surface area contributed by atoms with E-state index >= 15 is 0 Å². The van der Waals surface area contributed by atoms with Crippen molar-refractivity contribution in [2.24, 2.45) is 0 Å². The van der Waals surface area contributed by atoms with E-state index in [1.54, 1.807) is 6.07 Å². The smallest absolute Gasteiger partial charge is 0.340 e. The van der Waals surface area contributed by atoms with E-state index in [9.17, 15) is 9.90 Å². The van der Waals surface area contributed by atoms with Crippen LogP contribution in [0.3, 0.4) is 0 Å². The Balaban J connectivity index is 2.43. The van der Waals surface area contributed by atoms with Crippen molar-refractivity contribution < 1.29 is 14.6 Å². The van der Waals surface area contributed by atoms with Crippen molar-refractivity contribution in [3.63, 3.8) is 0 Å². The van der Waals surface area contributed by atoms with Crippen molar-refractivity contribution >= 4 is 32.8 Å². The van der Waals surface area contributed by atoms with Gasteiger partial charge in [-0.1, -0.05) is 22.0 Å². The van der Waals surface area contributed by atoms with Crippen LogP contribution in [0, 0.1) is 0 Å². The number of H-pyrrole nitrogens is 1. The van der Waals surface area contributed by atoms with Crippen LogP contribution >= 0.6 is 15.9 Å². The first-order valence-corrected chi connectivity index (χ1v) is 5.45. The number of hydrogen-bond donors (Lipinski definition) is 2. The van der Waals surface area contributed by atoms with E-state index in [1.165, 1.54) is 7.11 Å². The van der Waals surface area contributed by atoms with E-state index in [0.717, 1.165) is 15.4 Å². The van der Waals surface area contributed by atoms with Crippen molar-refractivity contribution in [3.8, 4) is 0 Å². The van der Waals surface area contributed by atoms with Crippen LogP contribution in [-0.4, -0.2) is 23.2 Å². The number of fused-ring (bicyclic) bond motifs is 1. The zero-order valence-electron chi connectivity index (χ0n) is 8.53. The van der Waals surface area contributed by atoms with E-state index < -0.39 is 12.1 Å². The first-order valence-electron chi connectivity index (χ1n) is 4.66. The summed E-state index contributed by atoms with van der Waals surface area (Å²) in [6, 6.07) is 7.39. The Morgan fingerprint density at radius 3 is 2.94 bits per heavy atom. The standard InChI is InChI=1S/C11H10BrNO3/c1-16-11(15)10(14)9-4-6-2-3-7(12)5-8(6)13-9/h2-5,10,13-14H,1H3. The second-order valence-corrected chi connectivity index (χ2v) is 4.30. The number of methoxy groups -OCH3 is 1. The summed E-state index contributed by atoms with van der Waals surface area (Å²) in [6.07, 6.45) is -1.27. The fourth-order valence-electron chi connectivity index (χ4n) is 1.51. The van der Waals surface area contributed by atoms with E-state index in [0.29, 0.717) is 5.69 Å². The van der Waals surface area contributed by atoms with Gasteiger partial charge in [0.25, 0.3) is 0 Å². The van der Waals surface area contributed by atoms with Crippen LogP contribution in [0.25, 0.3) is 10.9 Å². The molecule has 1 heterocycles. The van der Waals surface area contributed by atoms with Gasteiger partial charge in [-0.2, -0.15) is 0 Å². The number of benzene rings is 1. The quantitative estimate of drug-likeness (QED) is 0.830. The third kappa shape index (κ3) is 1.96. The molecule has 0 spiro atoms. The zero-order chi connectivity index (χ0) is 11.7. The van der Waals surface area contributed by atoms with Crippen LogP contribution in [0.5, 0.6) is 0 Å². The van der Waals surface area contributed by atoms with Crippen molar-refractivity contribution in [3.05, 3.63) is 34.4 Å². The van der Waals surface area contributed by atoms with Crippen LogP contribution in [0.15, 0.2) is 28.7 Å². The summed E-state index contributed by atoms with van der Waals surface area (Å²) in [5.74, 6) is -0.675. The van der Waals surface area contributed by atoms with E-state index in [4.69, 9.17) is 0 Å². The lowest BCUT2D eigenvalue weighted by Crippen LogP contribution is -2.13. The van der Waals surface area contributed by atoms with Gasteiger partial charge < -0.3 is 14.8 Å². The van der Waals surface area contributed by atoms with Crippen LogP contribution in [0.1, 0.15) is 11.8 Å². The predicted octanol–water partition coefficient (Wildman–Crippen LogP) is 2.14. The van der Waals surface area contributed by atoms with Gasteiger partial charge in [0.1, 0.15) is 0 Å². The molecule has 0 fully saturated rings. The largest absolute Gasteiger partial charge is 0.467 e. The molecule has 0 aliphatic rings. The summed E-state index contributed by atoms with van der Waals surface area (Å²) in [5, 5.41) is 10.6. The Kier molecular flexibility index (Phi) is 2.98. The number of esters is 1. The van der Waals surface area contributed by atoms with Gasteiger partial charge >= 0.3 is 5.97 Å². The monoisotopic (exact) mass is 283 g/mol. The Hall–Kier alpha value is -1.33. The summed E-state index contributed by atoms with van der Waals surface area (Å²) in [5.41, 5.74) is 1.28. The number of aliphatic hydroxyl groups is 1. The number of carbonyl (C=O) groups excluding carboxylic acids is 1. The molecule has 4 nitrogen and oxygen atoms in total. The molecule has 0 bridgehead atoms. The van der Waals surface area contributed by atoms with Crippen molar-refractivity contribution in [1.82, 2.24) is 4.98 Å². The molecule has 1 aromatic heterocycles. The highest BCUT2D eigenvalue weighted by Gasteiger charge is 2.19. The van der Waals surface area contributed by atoms with Gasteiger partial charge in [0, 0.05) is 9.99 Å². The van der Waals surface area contributed by atoms with Crippen molar-refractivity contribution in [1.29, 1.82) is 0 Å². The Bertz CT molecular complexity index is 535. The molecule has 84 valence electrons. The van der Waals surface area contributed by atoms with Gasteiger partial charge in [-0.25, -0.2) is 4.79 Å². The normalized spacial score (nSPS) is 12.7. The lowest BCUT2D eigenvalue weighted by atomic mass is 10.2. The molecule has 16 heavy (non-hydrogen) atoms. The molecule has 0 radical (unpaired) electrons. The molecule has 5 heteroatoms. The predicted molar refractivity (Wildman–Crippen MR) is 63.0 cm³/mol. The summed E-state index contributed by atoms with van der Waals surface area (Å²) in [7, 11) is 1.24. The van der Waals surface area contributed by atoms with E-state index in [2.05, 4.69) is 25.7 Å². The van der Waals surface area contributed by atoms with Gasteiger partial charge in [0.2, 0.25) is 0 Å². The zero-order valence-corrected chi connectivity index (χ0v) is 10.1. The fourth-order valence-corrected chi connectivity index (χ4v) is 1.87. The van der Waals surface area contributed by atoms with E-state index in [1.807, 2.05) is 18.2 Å². The number of halogens is 1. The molecule has 2 aromatic rings. The van der Waals surface area contributed by atoms with Crippen LogP contribution in [-0.2, 0) is 9.53 Å². The second-order valence-electron chi connectivity index (χ2n) is 3.38. The number of aromatic nitrogens is 1. The lowest BCUT2D eigenvalue weighted by molar-refractivity contribution is -0.150. The third-order valence-electron chi connectivity index (χ3n) is 2.32. The summed E-state index contributed by atoms with van der Waals surface area (Å²) in [4.78, 5) is 14.1. The van der Waals surface area contributed by atoms with Crippen molar-refractivity contribution in [2.45, 2.75) is 6.10 Å². The number of ether oxygens (including phenoxy) is 1. The first kappa shape index (κ1) is 11.2. The molecule has 0 amide bonds. The highest BCUT2D eigenvalue weighted by Crippen LogP contribution is 2.23. The van der Waals surface area contributed by atoms with Gasteiger partial charge in [-0.3, -0.25) is 0 Å². The maximum Gasteiger partial charge on any atom is 0.340 e. The minimum absolute atomic E-state index is 0.431. The lowest BCUT2D eigenvalue weighted by Gasteiger charge is -2.04. The van der Waals surface area contributed by atoms with Crippen LogP contribution in [0.4, 0.5) is 0 Å². The van der Waals surface area contributed by atoms with Crippen LogP contribution in [0.2, 0.25) is 0 Å². The average molecular weight is 284 g/mol.